The topological polar surface area (TPSA) is 59.2 Å². The van der Waals surface area contributed by atoms with E-state index in [0.29, 0.717) is 17.8 Å². The molecule has 98 valence electrons. The highest BCUT2D eigenvalue weighted by molar-refractivity contribution is 9.10. The third-order valence-electron chi connectivity index (χ3n) is 2.74. The highest BCUT2D eigenvalue weighted by atomic mass is 79.9. The molecular weight excluding hydrogens is 306 g/mol. The summed E-state index contributed by atoms with van der Waals surface area (Å²) in [5.41, 5.74) is 7.71. The van der Waals surface area contributed by atoms with Crippen LogP contribution in [0.15, 0.2) is 47.2 Å². The van der Waals surface area contributed by atoms with Gasteiger partial charge in [0.1, 0.15) is 0 Å². The highest BCUT2D eigenvalue weighted by Crippen LogP contribution is 2.16. The molecule has 0 saturated carbocycles. The third kappa shape index (κ3) is 3.32. The number of nitrogens with two attached hydrogens (primary N) is 1. The van der Waals surface area contributed by atoms with Crippen LogP contribution >= 0.6 is 15.9 Å². The highest BCUT2D eigenvalue weighted by Gasteiger charge is 2.14. The van der Waals surface area contributed by atoms with Gasteiger partial charge < -0.3 is 10.6 Å². The maximum Gasteiger partial charge on any atom is 0.257 e. The Morgan fingerprint density at radius 3 is 2.89 bits per heavy atom. The molecule has 2 N–H and O–H groups in total. The maximum absolute atomic E-state index is 12.2. The summed E-state index contributed by atoms with van der Waals surface area (Å²) in [6, 6.07) is 9.47. The zero-order valence-electron chi connectivity index (χ0n) is 10.5. The van der Waals surface area contributed by atoms with E-state index in [0.717, 1.165) is 10.0 Å². The number of benzene rings is 1. The minimum atomic E-state index is -0.134. The Morgan fingerprint density at radius 1 is 1.42 bits per heavy atom. The molecule has 2 rings (SSSR count). The monoisotopic (exact) mass is 319 g/mol. The number of pyridine rings is 1. The van der Waals surface area contributed by atoms with Crippen molar-refractivity contribution in [1.29, 1.82) is 0 Å². The van der Waals surface area contributed by atoms with E-state index in [1.165, 1.54) is 6.20 Å². The van der Waals surface area contributed by atoms with E-state index in [1.54, 1.807) is 24.2 Å². The lowest BCUT2D eigenvalue weighted by Gasteiger charge is -2.18. The molecule has 0 bridgehead atoms. The molecule has 0 spiro atoms. The SMILES string of the molecule is CN(Cc1cccc(Br)c1)C(=O)c1cnccc1N. The lowest BCUT2D eigenvalue weighted by molar-refractivity contribution is 0.0785. The molecular formula is C14H14BrN3O. The van der Waals surface area contributed by atoms with Gasteiger partial charge in [-0.2, -0.15) is 0 Å². The fourth-order valence-corrected chi connectivity index (χ4v) is 2.22. The third-order valence-corrected chi connectivity index (χ3v) is 3.23. The molecule has 0 radical (unpaired) electrons. The van der Waals surface area contributed by atoms with Crippen LogP contribution in [0.3, 0.4) is 0 Å². The molecule has 1 aromatic carbocycles. The van der Waals surface area contributed by atoms with Crippen LogP contribution < -0.4 is 5.73 Å². The van der Waals surface area contributed by atoms with E-state index in [2.05, 4.69) is 20.9 Å². The number of aromatic nitrogens is 1. The van der Waals surface area contributed by atoms with Gasteiger partial charge in [0.15, 0.2) is 0 Å². The Kier molecular flexibility index (Phi) is 4.16. The summed E-state index contributed by atoms with van der Waals surface area (Å²) in [7, 11) is 1.75. The van der Waals surface area contributed by atoms with Gasteiger partial charge >= 0.3 is 0 Å². The molecule has 19 heavy (non-hydrogen) atoms. The van der Waals surface area contributed by atoms with Crippen LogP contribution in [-0.2, 0) is 6.54 Å². The lowest BCUT2D eigenvalue weighted by Crippen LogP contribution is -2.27. The van der Waals surface area contributed by atoms with Crippen molar-refractivity contribution in [2.75, 3.05) is 12.8 Å². The van der Waals surface area contributed by atoms with Gasteiger partial charge in [-0.15, -0.1) is 0 Å². The molecule has 2 aromatic rings. The molecule has 0 unspecified atom stereocenters. The van der Waals surface area contributed by atoms with Gasteiger partial charge in [0.25, 0.3) is 5.91 Å². The van der Waals surface area contributed by atoms with Crippen molar-refractivity contribution in [1.82, 2.24) is 9.88 Å². The summed E-state index contributed by atoms with van der Waals surface area (Å²) in [5, 5.41) is 0. The van der Waals surface area contributed by atoms with E-state index < -0.39 is 0 Å². The lowest BCUT2D eigenvalue weighted by atomic mass is 10.2. The van der Waals surface area contributed by atoms with Crippen LogP contribution in [0, 0.1) is 0 Å². The van der Waals surface area contributed by atoms with Crippen molar-refractivity contribution in [2.45, 2.75) is 6.54 Å². The summed E-state index contributed by atoms with van der Waals surface area (Å²) in [6.45, 7) is 0.520. The number of carbonyl (C=O) groups is 1. The van der Waals surface area contributed by atoms with Crippen LogP contribution in [0.25, 0.3) is 0 Å². The molecule has 0 saturated heterocycles. The van der Waals surface area contributed by atoms with Crippen molar-refractivity contribution in [2.24, 2.45) is 0 Å². The quantitative estimate of drug-likeness (QED) is 0.946. The van der Waals surface area contributed by atoms with Gasteiger partial charge in [0.2, 0.25) is 0 Å². The average molecular weight is 320 g/mol. The average Bonchev–Trinajstić information content (AvgIpc) is 2.38. The van der Waals surface area contributed by atoms with Gasteiger partial charge in [-0.05, 0) is 23.8 Å². The first-order valence-electron chi connectivity index (χ1n) is 5.77. The van der Waals surface area contributed by atoms with Crippen molar-refractivity contribution < 1.29 is 4.79 Å². The van der Waals surface area contributed by atoms with Crippen LogP contribution in [0.2, 0.25) is 0 Å². The second-order valence-electron chi connectivity index (χ2n) is 4.25. The largest absolute Gasteiger partial charge is 0.398 e. The molecule has 4 nitrogen and oxygen atoms in total. The van der Waals surface area contributed by atoms with E-state index in [-0.39, 0.29) is 5.91 Å². The standard InChI is InChI=1S/C14H14BrN3O/c1-18(9-10-3-2-4-11(15)7-10)14(19)12-8-17-6-5-13(12)16/h2-8H,9H2,1H3,(H2,16,17). The zero-order valence-corrected chi connectivity index (χ0v) is 12.1. The predicted octanol–water partition coefficient (Wildman–Crippen LogP) is 2.70. The maximum atomic E-state index is 12.2. The number of anilines is 1. The number of nitrogen functional groups attached to an aromatic ring is 1. The Balaban J connectivity index is 2.14. The van der Waals surface area contributed by atoms with E-state index in [9.17, 15) is 4.79 Å². The first-order valence-corrected chi connectivity index (χ1v) is 6.56. The first kappa shape index (κ1) is 13.5. The summed E-state index contributed by atoms with van der Waals surface area (Å²) < 4.78 is 0.992. The first-order chi connectivity index (χ1) is 9.08. The number of amides is 1. The number of nitrogens with zero attached hydrogens (tertiary/aromatic N) is 2. The second-order valence-corrected chi connectivity index (χ2v) is 5.17. The van der Waals surface area contributed by atoms with Crippen LogP contribution in [-0.4, -0.2) is 22.8 Å². The number of halogens is 1. The van der Waals surface area contributed by atoms with Gasteiger partial charge in [-0.1, -0.05) is 28.1 Å². The van der Waals surface area contributed by atoms with Crippen molar-refractivity contribution >= 4 is 27.5 Å². The van der Waals surface area contributed by atoms with Gasteiger partial charge in [-0.3, -0.25) is 9.78 Å². The fraction of sp³-hybridized carbons (Fsp3) is 0.143. The molecule has 0 aliphatic heterocycles. The summed E-state index contributed by atoms with van der Waals surface area (Å²) in [5.74, 6) is -0.134. The predicted molar refractivity (Wildman–Crippen MR) is 78.6 cm³/mol. The molecule has 0 aliphatic carbocycles. The Hall–Kier alpha value is -1.88. The van der Waals surface area contributed by atoms with Gasteiger partial charge in [-0.25, -0.2) is 0 Å². The van der Waals surface area contributed by atoms with Crippen molar-refractivity contribution in [3.8, 4) is 0 Å². The molecule has 1 heterocycles. The van der Waals surface area contributed by atoms with E-state index in [1.807, 2.05) is 24.3 Å². The van der Waals surface area contributed by atoms with E-state index >= 15 is 0 Å². The van der Waals surface area contributed by atoms with Crippen molar-refractivity contribution in [3.05, 3.63) is 58.3 Å². The van der Waals surface area contributed by atoms with Crippen LogP contribution in [0.1, 0.15) is 15.9 Å². The normalized spacial score (nSPS) is 10.2. The molecule has 0 atom stereocenters. The van der Waals surface area contributed by atoms with Crippen LogP contribution in [0.4, 0.5) is 5.69 Å². The number of hydrogen-bond donors (Lipinski definition) is 1. The minimum absolute atomic E-state index is 0.134. The van der Waals surface area contributed by atoms with Crippen molar-refractivity contribution in [3.63, 3.8) is 0 Å². The summed E-state index contributed by atoms with van der Waals surface area (Å²) >= 11 is 3.41. The smallest absolute Gasteiger partial charge is 0.257 e. The van der Waals surface area contributed by atoms with E-state index in [4.69, 9.17) is 5.73 Å². The fourth-order valence-electron chi connectivity index (χ4n) is 1.77. The number of hydrogen-bond acceptors (Lipinski definition) is 3. The zero-order chi connectivity index (χ0) is 13.8. The molecule has 1 aromatic heterocycles. The number of rotatable bonds is 3. The van der Waals surface area contributed by atoms with Gasteiger partial charge in [0, 0.05) is 36.1 Å². The molecule has 5 heteroatoms. The van der Waals surface area contributed by atoms with Gasteiger partial charge in [0.05, 0.1) is 5.56 Å². The number of carbonyl (C=O) groups excluding carboxylic acids is 1. The molecule has 0 aliphatic rings. The summed E-state index contributed by atoms with van der Waals surface area (Å²) in [4.78, 5) is 17.8. The Bertz CT molecular complexity index is 601. The van der Waals surface area contributed by atoms with Crippen LogP contribution in [0.5, 0.6) is 0 Å². The molecule has 0 fully saturated rings. The Morgan fingerprint density at radius 2 is 2.21 bits per heavy atom. The Labute approximate surface area is 120 Å². The second kappa shape index (κ2) is 5.84. The summed E-state index contributed by atoms with van der Waals surface area (Å²) in [6.07, 6.45) is 3.06. The minimum Gasteiger partial charge on any atom is -0.398 e. The molecule has 1 amide bonds.